The molecule has 6 rings (SSSR count). The highest BCUT2D eigenvalue weighted by molar-refractivity contribution is 7.89. The number of rotatable bonds is 13. The summed E-state index contributed by atoms with van der Waals surface area (Å²) in [5, 5.41) is 22.1. The molecule has 0 unspecified atom stereocenters. The lowest BCUT2D eigenvalue weighted by molar-refractivity contribution is -0.139. The first-order valence-corrected chi connectivity index (χ1v) is 18.9. The molecule has 11 nitrogen and oxygen atoms in total. The minimum atomic E-state index is -5.07. The van der Waals surface area contributed by atoms with Crippen LogP contribution in [0.2, 0.25) is 0 Å². The van der Waals surface area contributed by atoms with Gasteiger partial charge in [-0.25, -0.2) is 8.42 Å². The third-order valence-electron chi connectivity index (χ3n) is 9.62. The van der Waals surface area contributed by atoms with E-state index in [0.29, 0.717) is 59.6 Å². The van der Waals surface area contributed by atoms with Crippen molar-refractivity contribution in [2.45, 2.75) is 62.3 Å². The van der Waals surface area contributed by atoms with Crippen molar-refractivity contribution < 1.29 is 35.8 Å². The van der Waals surface area contributed by atoms with Gasteiger partial charge in [-0.3, -0.25) is 0 Å². The van der Waals surface area contributed by atoms with Gasteiger partial charge >= 0.3 is 6.18 Å². The van der Waals surface area contributed by atoms with Crippen LogP contribution in [0.1, 0.15) is 59.4 Å². The molecule has 286 valence electrons. The fourth-order valence-electron chi connectivity index (χ4n) is 6.72. The molecule has 4 aromatic carbocycles. The lowest BCUT2D eigenvalue weighted by Gasteiger charge is -2.30. The lowest BCUT2D eigenvalue weighted by Crippen LogP contribution is -2.33. The Balaban J connectivity index is 1.54. The minimum absolute atomic E-state index is 0.111. The highest BCUT2D eigenvalue weighted by atomic mass is 32.2. The van der Waals surface area contributed by atoms with Crippen LogP contribution in [0.15, 0.2) is 101 Å². The summed E-state index contributed by atoms with van der Waals surface area (Å²) in [4.78, 5) is 0.278. The Morgan fingerprint density at radius 3 is 1.80 bits per heavy atom. The second kappa shape index (κ2) is 16.7. The standard InChI is InChI=1S/C40H39F3N6O5S/c1-52-32-14-6-28(7-15-32)24-48(25-29-8-16-33(53-2)17-9-29)55(50,51)38-36(40(41,42)43)21-20-35(31-12-4-27(5-13-31)22-23-44)37(38)39-45-47-49(46-39)26-30-10-18-34(54-3)19-11-30/h6-11,14-22,31H,4-5,12-13,24-26H2,1-3H3. The van der Waals surface area contributed by atoms with E-state index in [0.717, 1.165) is 21.5 Å². The summed E-state index contributed by atoms with van der Waals surface area (Å²) in [6.07, 6.45) is -1.57. The summed E-state index contributed by atoms with van der Waals surface area (Å²) in [7, 11) is -0.458. The number of methoxy groups -OCH3 is 3. The molecule has 0 spiro atoms. The SMILES string of the molecule is COc1ccc(CN(Cc2ccc(OC)cc2)S(=O)(=O)c2c(C(F)(F)F)ccc(C3CCC(=CC#N)CC3)c2-c2nnn(Cc3ccc(OC)cc3)n2)cc1. The Hall–Kier alpha value is -5.72. The number of ether oxygens (including phenoxy) is 3. The number of alkyl halides is 3. The zero-order valence-corrected chi connectivity index (χ0v) is 31.3. The molecule has 0 saturated heterocycles. The molecule has 15 heteroatoms. The Kier molecular flexibility index (Phi) is 11.9. The second-order valence-corrected chi connectivity index (χ2v) is 14.9. The van der Waals surface area contributed by atoms with Crippen molar-refractivity contribution in [3.05, 3.63) is 124 Å². The van der Waals surface area contributed by atoms with E-state index in [2.05, 4.69) is 21.5 Å². The van der Waals surface area contributed by atoms with E-state index < -0.39 is 26.7 Å². The van der Waals surface area contributed by atoms with Crippen LogP contribution in [-0.4, -0.2) is 54.3 Å². The Labute approximate surface area is 317 Å². The van der Waals surface area contributed by atoms with Gasteiger partial charge in [-0.1, -0.05) is 48.0 Å². The van der Waals surface area contributed by atoms with E-state index in [1.54, 1.807) is 79.9 Å². The van der Waals surface area contributed by atoms with Gasteiger partial charge in [0.2, 0.25) is 15.8 Å². The van der Waals surface area contributed by atoms with Crippen molar-refractivity contribution in [3.63, 3.8) is 0 Å². The summed E-state index contributed by atoms with van der Waals surface area (Å²) in [6, 6.07) is 24.6. The number of benzene rings is 4. The number of sulfonamides is 1. The number of nitrogens with zero attached hydrogens (tertiary/aromatic N) is 6. The predicted molar refractivity (Wildman–Crippen MR) is 198 cm³/mol. The quantitative estimate of drug-likeness (QED) is 0.110. The molecule has 0 atom stereocenters. The van der Waals surface area contributed by atoms with Crippen LogP contribution in [0.25, 0.3) is 11.4 Å². The van der Waals surface area contributed by atoms with Crippen LogP contribution in [0.3, 0.4) is 0 Å². The molecule has 55 heavy (non-hydrogen) atoms. The number of hydrogen-bond acceptors (Lipinski definition) is 9. The van der Waals surface area contributed by atoms with E-state index >= 15 is 21.6 Å². The third-order valence-corrected chi connectivity index (χ3v) is 11.5. The molecular formula is C40H39F3N6O5S. The molecule has 1 fully saturated rings. The lowest BCUT2D eigenvalue weighted by atomic mass is 9.79. The topological polar surface area (TPSA) is 132 Å². The highest BCUT2D eigenvalue weighted by Gasteiger charge is 2.43. The van der Waals surface area contributed by atoms with Crippen LogP contribution < -0.4 is 14.2 Å². The Morgan fingerprint density at radius 2 is 1.33 bits per heavy atom. The van der Waals surface area contributed by atoms with Gasteiger partial charge in [0.1, 0.15) is 22.1 Å². The van der Waals surface area contributed by atoms with Crippen LogP contribution in [0.4, 0.5) is 13.2 Å². The van der Waals surface area contributed by atoms with Gasteiger partial charge in [0.15, 0.2) is 0 Å². The van der Waals surface area contributed by atoms with E-state index in [9.17, 15) is 5.26 Å². The molecular weight excluding hydrogens is 734 g/mol. The highest BCUT2D eigenvalue weighted by Crippen LogP contribution is 2.47. The van der Waals surface area contributed by atoms with Gasteiger partial charge in [0, 0.05) is 24.7 Å². The van der Waals surface area contributed by atoms with Crippen molar-refractivity contribution in [2.75, 3.05) is 21.3 Å². The van der Waals surface area contributed by atoms with E-state index in [1.165, 1.54) is 31.2 Å². The molecule has 1 aromatic heterocycles. The van der Waals surface area contributed by atoms with Gasteiger partial charge in [-0.2, -0.15) is 27.5 Å². The van der Waals surface area contributed by atoms with Crippen LogP contribution in [0, 0.1) is 11.3 Å². The summed E-state index contributed by atoms with van der Waals surface area (Å²) in [5.41, 5.74) is 1.51. The van der Waals surface area contributed by atoms with Crippen molar-refractivity contribution in [1.82, 2.24) is 24.5 Å². The normalized spacial score (nSPS) is 14.7. The van der Waals surface area contributed by atoms with Gasteiger partial charge in [0.05, 0.1) is 39.5 Å². The summed E-state index contributed by atoms with van der Waals surface area (Å²) >= 11 is 0. The predicted octanol–water partition coefficient (Wildman–Crippen LogP) is 7.93. The van der Waals surface area contributed by atoms with Crippen molar-refractivity contribution in [1.29, 1.82) is 5.26 Å². The molecule has 0 aliphatic heterocycles. The number of allylic oxidation sites excluding steroid dienone is 2. The number of tetrazole rings is 1. The molecule has 0 radical (unpaired) electrons. The maximum atomic E-state index is 15.2. The fraction of sp³-hybridized carbons (Fsp3) is 0.300. The van der Waals surface area contributed by atoms with E-state index in [1.807, 2.05) is 0 Å². The molecule has 5 aromatic rings. The first kappa shape index (κ1) is 39.0. The number of nitriles is 1. The van der Waals surface area contributed by atoms with Gasteiger partial charge in [-0.15, -0.1) is 10.2 Å². The first-order chi connectivity index (χ1) is 26.4. The second-order valence-electron chi connectivity index (χ2n) is 13.1. The third kappa shape index (κ3) is 8.98. The van der Waals surface area contributed by atoms with Crippen LogP contribution >= 0.6 is 0 Å². The summed E-state index contributed by atoms with van der Waals surface area (Å²) < 4.78 is 92.9. The summed E-state index contributed by atoms with van der Waals surface area (Å²) in [5.74, 6) is 1.10. The maximum absolute atomic E-state index is 15.2. The first-order valence-electron chi connectivity index (χ1n) is 17.4. The maximum Gasteiger partial charge on any atom is 0.417 e. The molecule has 1 heterocycles. The molecule has 1 aliphatic rings. The zero-order chi connectivity index (χ0) is 39.2. The summed E-state index contributed by atoms with van der Waals surface area (Å²) in [6.45, 7) is -0.411. The smallest absolute Gasteiger partial charge is 0.417 e. The minimum Gasteiger partial charge on any atom is -0.497 e. The zero-order valence-electron chi connectivity index (χ0n) is 30.5. The van der Waals surface area contributed by atoms with Crippen molar-refractivity contribution in [2.24, 2.45) is 0 Å². The number of hydrogen-bond donors (Lipinski definition) is 0. The van der Waals surface area contributed by atoms with E-state index in [-0.39, 0.29) is 36.9 Å². The van der Waals surface area contributed by atoms with Gasteiger partial charge < -0.3 is 14.2 Å². The number of aromatic nitrogens is 4. The van der Waals surface area contributed by atoms with Crippen molar-refractivity contribution >= 4 is 10.0 Å². The van der Waals surface area contributed by atoms with Crippen molar-refractivity contribution in [3.8, 4) is 34.7 Å². The van der Waals surface area contributed by atoms with Gasteiger partial charge in [-0.05, 0) is 102 Å². The monoisotopic (exact) mass is 772 g/mol. The molecule has 0 N–H and O–H groups in total. The van der Waals surface area contributed by atoms with E-state index in [4.69, 9.17) is 14.2 Å². The largest absolute Gasteiger partial charge is 0.497 e. The Bertz CT molecular complexity index is 2230. The average molecular weight is 773 g/mol. The van der Waals surface area contributed by atoms with Gasteiger partial charge in [0.25, 0.3) is 0 Å². The van der Waals surface area contributed by atoms with Crippen LogP contribution in [0.5, 0.6) is 17.2 Å². The Morgan fingerprint density at radius 1 is 0.818 bits per heavy atom. The molecule has 1 saturated carbocycles. The molecule has 0 amide bonds. The fourth-order valence-corrected chi connectivity index (χ4v) is 8.55. The van der Waals surface area contributed by atoms with Crippen LogP contribution in [-0.2, 0) is 35.8 Å². The average Bonchev–Trinajstić information content (AvgIpc) is 3.66. The molecule has 0 bridgehead atoms. The molecule has 1 aliphatic carbocycles. The number of halogens is 3.